The SMILES string of the molecule is [CH2]CCCc1cc(OCCCCCCCCCCCCCCCCCCC)cc(OCCCCCCCCCCCCCCCCCCC)c1. The van der Waals surface area contributed by atoms with Gasteiger partial charge in [0.25, 0.3) is 0 Å². The molecule has 0 atom stereocenters. The Labute approximate surface area is 315 Å². The Hall–Kier alpha value is -1.18. The van der Waals surface area contributed by atoms with Gasteiger partial charge in [-0.25, -0.2) is 0 Å². The van der Waals surface area contributed by atoms with Crippen molar-refractivity contribution >= 4 is 0 Å². The minimum Gasteiger partial charge on any atom is -0.493 e. The van der Waals surface area contributed by atoms with Crippen molar-refractivity contribution in [3.63, 3.8) is 0 Å². The van der Waals surface area contributed by atoms with Crippen LogP contribution in [0, 0.1) is 6.92 Å². The molecule has 1 aromatic rings. The van der Waals surface area contributed by atoms with E-state index in [1.165, 1.54) is 211 Å². The molecule has 0 amide bonds. The normalized spacial score (nSPS) is 11.4. The highest BCUT2D eigenvalue weighted by Crippen LogP contribution is 2.25. The quantitative estimate of drug-likeness (QED) is 0.0634. The largest absolute Gasteiger partial charge is 0.493 e. The van der Waals surface area contributed by atoms with Gasteiger partial charge in [0, 0.05) is 6.07 Å². The van der Waals surface area contributed by atoms with E-state index in [2.05, 4.69) is 39.0 Å². The van der Waals surface area contributed by atoms with Gasteiger partial charge in [-0.1, -0.05) is 233 Å². The van der Waals surface area contributed by atoms with Crippen LogP contribution in [0.2, 0.25) is 0 Å². The van der Waals surface area contributed by atoms with Gasteiger partial charge in [0.15, 0.2) is 0 Å². The summed E-state index contributed by atoms with van der Waals surface area (Å²) in [5, 5.41) is 0. The second-order valence-electron chi connectivity index (χ2n) is 15.8. The third kappa shape index (κ3) is 32.7. The molecule has 0 aromatic heterocycles. The van der Waals surface area contributed by atoms with Crippen LogP contribution in [-0.4, -0.2) is 13.2 Å². The summed E-state index contributed by atoms with van der Waals surface area (Å²) in [6.45, 7) is 10.3. The Morgan fingerprint density at radius 1 is 0.340 bits per heavy atom. The molecule has 0 saturated carbocycles. The van der Waals surface area contributed by atoms with Crippen molar-refractivity contribution in [2.45, 2.75) is 251 Å². The van der Waals surface area contributed by atoms with Crippen LogP contribution in [0.5, 0.6) is 11.5 Å². The van der Waals surface area contributed by atoms with Gasteiger partial charge in [0.2, 0.25) is 0 Å². The van der Waals surface area contributed by atoms with Crippen molar-refractivity contribution in [2.75, 3.05) is 13.2 Å². The molecular formula is C48H89O2. The molecule has 1 radical (unpaired) electrons. The summed E-state index contributed by atoms with van der Waals surface area (Å²) in [5.74, 6) is 1.97. The fraction of sp³-hybridized carbons (Fsp3) is 0.854. The predicted octanol–water partition coefficient (Wildman–Crippen LogP) is 16.9. The summed E-state index contributed by atoms with van der Waals surface area (Å²) in [6, 6.07) is 6.58. The monoisotopic (exact) mass is 698 g/mol. The molecule has 0 bridgehead atoms. The average Bonchev–Trinajstić information content (AvgIpc) is 3.13. The summed E-state index contributed by atoms with van der Waals surface area (Å²) in [5.41, 5.74) is 1.32. The summed E-state index contributed by atoms with van der Waals surface area (Å²) in [7, 11) is 0. The fourth-order valence-corrected chi connectivity index (χ4v) is 7.30. The van der Waals surface area contributed by atoms with Gasteiger partial charge in [-0.2, -0.15) is 0 Å². The average molecular weight is 698 g/mol. The number of unbranched alkanes of at least 4 members (excludes halogenated alkanes) is 33. The third-order valence-corrected chi connectivity index (χ3v) is 10.7. The molecule has 1 rings (SSSR count). The number of hydrogen-bond donors (Lipinski definition) is 0. The number of benzene rings is 1. The van der Waals surface area contributed by atoms with Gasteiger partial charge in [-0.15, -0.1) is 0 Å². The lowest BCUT2D eigenvalue weighted by Crippen LogP contribution is -2.01. The molecule has 0 aliphatic carbocycles. The molecule has 0 aliphatic heterocycles. The molecule has 0 N–H and O–H groups in total. The first-order chi connectivity index (χ1) is 24.8. The summed E-state index contributed by atoms with van der Waals surface area (Å²) >= 11 is 0. The lowest BCUT2D eigenvalue weighted by Gasteiger charge is -2.13. The highest BCUT2D eigenvalue weighted by molar-refractivity contribution is 5.38. The Balaban J connectivity index is 2.02. The number of aryl methyl sites for hydroxylation is 1. The predicted molar refractivity (Wildman–Crippen MR) is 224 cm³/mol. The van der Waals surface area contributed by atoms with Gasteiger partial charge in [0.1, 0.15) is 11.5 Å². The van der Waals surface area contributed by atoms with E-state index < -0.39 is 0 Å². The second kappa shape index (κ2) is 39.0. The van der Waals surface area contributed by atoms with Crippen molar-refractivity contribution in [3.05, 3.63) is 30.7 Å². The van der Waals surface area contributed by atoms with Crippen molar-refractivity contribution in [2.24, 2.45) is 0 Å². The Morgan fingerprint density at radius 3 is 0.860 bits per heavy atom. The topological polar surface area (TPSA) is 18.5 Å². The molecule has 0 fully saturated rings. The van der Waals surface area contributed by atoms with E-state index in [-0.39, 0.29) is 0 Å². The van der Waals surface area contributed by atoms with E-state index in [4.69, 9.17) is 9.47 Å². The first kappa shape index (κ1) is 46.8. The van der Waals surface area contributed by atoms with E-state index in [0.717, 1.165) is 56.8 Å². The van der Waals surface area contributed by atoms with Crippen LogP contribution in [-0.2, 0) is 6.42 Å². The lowest BCUT2D eigenvalue weighted by molar-refractivity contribution is 0.289. The van der Waals surface area contributed by atoms with Crippen LogP contribution in [0.25, 0.3) is 0 Å². The van der Waals surface area contributed by atoms with Crippen molar-refractivity contribution in [1.82, 2.24) is 0 Å². The minimum absolute atomic E-state index is 0.816. The Bertz CT molecular complexity index is 730. The molecule has 0 saturated heterocycles. The van der Waals surface area contributed by atoms with Crippen LogP contribution in [0.15, 0.2) is 18.2 Å². The molecule has 1 aromatic carbocycles. The van der Waals surface area contributed by atoms with E-state index in [9.17, 15) is 0 Å². The summed E-state index contributed by atoms with van der Waals surface area (Å²) < 4.78 is 12.5. The van der Waals surface area contributed by atoms with Gasteiger partial charge < -0.3 is 9.47 Å². The molecule has 50 heavy (non-hydrogen) atoms. The van der Waals surface area contributed by atoms with Crippen LogP contribution in [0.1, 0.15) is 251 Å². The minimum atomic E-state index is 0.816. The molecule has 0 unspecified atom stereocenters. The molecular weight excluding hydrogens is 609 g/mol. The van der Waals surface area contributed by atoms with Gasteiger partial charge in [-0.05, 0) is 43.4 Å². The summed E-state index contributed by atoms with van der Waals surface area (Å²) in [6.07, 6.45) is 50.9. The van der Waals surface area contributed by atoms with Gasteiger partial charge in [-0.3, -0.25) is 0 Å². The molecule has 0 spiro atoms. The Morgan fingerprint density at radius 2 is 0.600 bits per heavy atom. The highest BCUT2D eigenvalue weighted by Gasteiger charge is 2.05. The zero-order valence-electron chi connectivity index (χ0n) is 34.3. The summed E-state index contributed by atoms with van der Waals surface area (Å²) in [4.78, 5) is 0. The van der Waals surface area contributed by atoms with Crippen LogP contribution < -0.4 is 9.47 Å². The van der Waals surface area contributed by atoms with Crippen molar-refractivity contribution in [3.8, 4) is 11.5 Å². The van der Waals surface area contributed by atoms with Crippen molar-refractivity contribution in [1.29, 1.82) is 0 Å². The first-order valence-electron chi connectivity index (χ1n) is 23.0. The Kier molecular flexibility index (Phi) is 36.6. The zero-order chi connectivity index (χ0) is 35.8. The fourth-order valence-electron chi connectivity index (χ4n) is 7.30. The maximum Gasteiger partial charge on any atom is 0.123 e. The number of ether oxygens (including phenoxy) is 2. The molecule has 2 nitrogen and oxygen atoms in total. The third-order valence-electron chi connectivity index (χ3n) is 10.7. The lowest BCUT2D eigenvalue weighted by atomic mass is 10.0. The van der Waals surface area contributed by atoms with Crippen LogP contribution in [0.4, 0.5) is 0 Å². The van der Waals surface area contributed by atoms with Crippen LogP contribution >= 0.6 is 0 Å². The molecule has 0 aliphatic rings. The van der Waals surface area contributed by atoms with E-state index in [1.807, 2.05) is 0 Å². The van der Waals surface area contributed by atoms with Crippen LogP contribution in [0.3, 0.4) is 0 Å². The molecule has 2 heteroatoms. The standard InChI is InChI=1S/C48H89O2/c1-4-7-10-12-14-16-18-20-22-24-26-28-30-32-34-36-38-41-49-47-43-46(40-9-6-3)44-48(45-47)50-42-39-37-35-33-31-29-27-25-23-21-19-17-15-13-11-8-5-2/h43-45H,3-42H2,1-2H3. The highest BCUT2D eigenvalue weighted by atomic mass is 16.5. The maximum atomic E-state index is 6.24. The second-order valence-corrected chi connectivity index (χ2v) is 15.8. The molecule has 293 valence electrons. The first-order valence-corrected chi connectivity index (χ1v) is 23.0. The molecule has 0 heterocycles. The maximum absolute atomic E-state index is 6.24. The number of hydrogen-bond acceptors (Lipinski definition) is 2. The van der Waals surface area contributed by atoms with Crippen molar-refractivity contribution < 1.29 is 9.47 Å². The van der Waals surface area contributed by atoms with E-state index >= 15 is 0 Å². The number of rotatable bonds is 41. The zero-order valence-corrected chi connectivity index (χ0v) is 34.3. The van der Waals surface area contributed by atoms with E-state index in [1.54, 1.807) is 0 Å². The van der Waals surface area contributed by atoms with Gasteiger partial charge >= 0.3 is 0 Å². The van der Waals surface area contributed by atoms with Gasteiger partial charge in [0.05, 0.1) is 13.2 Å². The van der Waals surface area contributed by atoms with E-state index in [0.29, 0.717) is 0 Å². The smallest absolute Gasteiger partial charge is 0.123 e.